The van der Waals surface area contributed by atoms with Crippen molar-refractivity contribution in [2.45, 2.75) is 57.6 Å². The molecule has 3 nitrogen and oxygen atoms in total. The molecule has 102 valence electrons. The van der Waals surface area contributed by atoms with E-state index in [1.165, 1.54) is 12.8 Å². The first-order valence-corrected chi connectivity index (χ1v) is 7.18. The van der Waals surface area contributed by atoms with Crippen molar-refractivity contribution in [1.29, 1.82) is 0 Å². The van der Waals surface area contributed by atoms with E-state index >= 15 is 0 Å². The molecular weight excluding hydrogens is 226 g/mol. The number of hydrogen-bond acceptors (Lipinski definition) is 3. The summed E-state index contributed by atoms with van der Waals surface area (Å²) >= 11 is 0. The van der Waals surface area contributed by atoms with E-state index in [1.54, 1.807) is 6.26 Å². The topological polar surface area (TPSA) is 45.4 Å². The smallest absolute Gasteiger partial charge is 0.103 e. The SMILES string of the molecule is CC(CCc1ccco1)NCC1CCCC(O)C1. The van der Waals surface area contributed by atoms with Gasteiger partial charge < -0.3 is 14.8 Å². The molecule has 0 radical (unpaired) electrons. The van der Waals surface area contributed by atoms with Gasteiger partial charge in [-0.25, -0.2) is 0 Å². The zero-order valence-electron chi connectivity index (χ0n) is 11.3. The minimum absolute atomic E-state index is 0.0658. The predicted molar refractivity (Wildman–Crippen MR) is 72.5 cm³/mol. The minimum atomic E-state index is -0.0658. The third-order valence-corrected chi connectivity index (χ3v) is 3.91. The van der Waals surface area contributed by atoms with Gasteiger partial charge in [0.15, 0.2) is 0 Å². The van der Waals surface area contributed by atoms with Crippen molar-refractivity contribution < 1.29 is 9.52 Å². The Kier molecular flexibility index (Phi) is 5.26. The van der Waals surface area contributed by atoms with E-state index in [4.69, 9.17) is 4.42 Å². The van der Waals surface area contributed by atoms with Crippen molar-refractivity contribution in [3.8, 4) is 0 Å². The first kappa shape index (κ1) is 13.6. The summed E-state index contributed by atoms with van der Waals surface area (Å²) in [6.07, 6.45) is 8.16. The normalized spacial score (nSPS) is 26.1. The summed E-state index contributed by atoms with van der Waals surface area (Å²) in [6.45, 7) is 3.26. The first-order chi connectivity index (χ1) is 8.74. The van der Waals surface area contributed by atoms with Gasteiger partial charge in [-0.05, 0) is 57.2 Å². The molecule has 18 heavy (non-hydrogen) atoms. The van der Waals surface area contributed by atoms with E-state index < -0.39 is 0 Å². The van der Waals surface area contributed by atoms with Gasteiger partial charge in [-0.3, -0.25) is 0 Å². The van der Waals surface area contributed by atoms with Crippen molar-refractivity contribution in [2.24, 2.45) is 5.92 Å². The standard InChI is InChI=1S/C15H25NO2/c1-12(7-8-15-6-3-9-18-15)16-11-13-4-2-5-14(17)10-13/h3,6,9,12-14,16-17H,2,4-5,7-8,10-11H2,1H3. The fourth-order valence-electron chi connectivity index (χ4n) is 2.73. The molecule has 0 amide bonds. The lowest BCUT2D eigenvalue weighted by Crippen LogP contribution is -2.34. The number of furan rings is 1. The van der Waals surface area contributed by atoms with Crippen LogP contribution < -0.4 is 5.32 Å². The number of aliphatic hydroxyl groups excluding tert-OH is 1. The van der Waals surface area contributed by atoms with E-state index in [9.17, 15) is 5.11 Å². The molecule has 0 spiro atoms. The number of rotatable bonds is 6. The molecule has 0 bridgehead atoms. The molecule has 3 atom stereocenters. The summed E-state index contributed by atoms with van der Waals surface area (Å²) < 4.78 is 5.33. The lowest BCUT2D eigenvalue weighted by molar-refractivity contribution is 0.0997. The Hall–Kier alpha value is -0.800. The van der Waals surface area contributed by atoms with Crippen LogP contribution >= 0.6 is 0 Å². The molecule has 2 rings (SSSR count). The molecule has 1 saturated carbocycles. The lowest BCUT2D eigenvalue weighted by Gasteiger charge is -2.27. The molecule has 1 aliphatic carbocycles. The van der Waals surface area contributed by atoms with Crippen molar-refractivity contribution in [3.63, 3.8) is 0 Å². The van der Waals surface area contributed by atoms with E-state index in [1.807, 2.05) is 12.1 Å². The predicted octanol–water partition coefficient (Wildman–Crippen LogP) is 2.74. The maximum Gasteiger partial charge on any atom is 0.103 e. The molecule has 1 aromatic rings. The molecule has 2 N–H and O–H groups in total. The number of nitrogens with one attached hydrogen (secondary N) is 1. The van der Waals surface area contributed by atoms with E-state index in [0.29, 0.717) is 12.0 Å². The highest BCUT2D eigenvalue weighted by Crippen LogP contribution is 2.23. The van der Waals surface area contributed by atoms with Crippen molar-refractivity contribution >= 4 is 0 Å². The molecule has 3 unspecified atom stereocenters. The van der Waals surface area contributed by atoms with Crippen LogP contribution in [0.3, 0.4) is 0 Å². The average molecular weight is 251 g/mol. The zero-order valence-corrected chi connectivity index (χ0v) is 11.3. The quantitative estimate of drug-likeness (QED) is 0.817. The number of aliphatic hydroxyl groups is 1. The fourth-order valence-corrected chi connectivity index (χ4v) is 2.73. The van der Waals surface area contributed by atoms with E-state index in [-0.39, 0.29) is 6.10 Å². The lowest BCUT2D eigenvalue weighted by atomic mass is 9.87. The molecule has 0 aliphatic heterocycles. The molecule has 1 aromatic heterocycles. The summed E-state index contributed by atoms with van der Waals surface area (Å²) in [5.41, 5.74) is 0. The highest BCUT2D eigenvalue weighted by atomic mass is 16.3. The summed E-state index contributed by atoms with van der Waals surface area (Å²) in [5.74, 6) is 1.72. The van der Waals surface area contributed by atoms with Crippen LogP contribution in [0.5, 0.6) is 0 Å². The molecule has 1 heterocycles. The fraction of sp³-hybridized carbons (Fsp3) is 0.733. The first-order valence-electron chi connectivity index (χ1n) is 7.18. The Balaban J connectivity index is 1.60. The minimum Gasteiger partial charge on any atom is -0.469 e. The average Bonchev–Trinajstić information content (AvgIpc) is 2.87. The van der Waals surface area contributed by atoms with Crippen molar-refractivity contribution in [2.75, 3.05) is 6.54 Å². The van der Waals surface area contributed by atoms with Gasteiger partial charge in [0.1, 0.15) is 5.76 Å². The Morgan fingerprint density at radius 3 is 3.11 bits per heavy atom. The van der Waals surface area contributed by atoms with Gasteiger partial charge in [0.25, 0.3) is 0 Å². The summed E-state index contributed by atoms with van der Waals surface area (Å²) in [6, 6.07) is 4.48. The van der Waals surface area contributed by atoms with Gasteiger partial charge in [-0.15, -0.1) is 0 Å². The van der Waals surface area contributed by atoms with Crippen LogP contribution in [0, 0.1) is 5.92 Å². The van der Waals surface area contributed by atoms with E-state index in [2.05, 4.69) is 12.2 Å². The molecule has 1 aliphatic rings. The highest BCUT2D eigenvalue weighted by molar-refractivity contribution is 4.98. The van der Waals surface area contributed by atoms with Gasteiger partial charge in [0.05, 0.1) is 12.4 Å². The Morgan fingerprint density at radius 1 is 1.50 bits per heavy atom. The van der Waals surface area contributed by atoms with Crippen LogP contribution in [0.25, 0.3) is 0 Å². The maximum atomic E-state index is 9.63. The largest absolute Gasteiger partial charge is 0.469 e. The molecule has 0 aromatic carbocycles. The van der Waals surface area contributed by atoms with Crippen LogP contribution in [-0.4, -0.2) is 23.8 Å². The summed E-state index contributed by atoms with van der Waals surface area (Å²) in [5, 5.41) is 13.2. The Labute approximate surface area is 110 Å². The van der Waals surface area contributed by atoms with Crippen LogP contribution in [0.15, 0.2) is 22.8 Å². The van der Waals surface area contributed by atoms with Crippen molar-refractivity contribution in [1.82, 2.24) is 5.32 Å². The Morgan fingerprint density at radius 2 is 2.39 bits per heavy atom. The van der Waals surface area contributed by atoms with Gasteiger partial charge >= 0.3 is 0 Å². The third kappa shape index (κ3) is 4.46. The summed E-state index contributed by atoms with van der Waals surface area (Å²) in [7, 11) is 0. The van der Waals surface area contributed by atoms with Crippen molar-refractivity contribution in [3.05, 3.63) is 24.2 Å². The highest BCUT2D eigenvalue weighted by Gasteiger charge is 2.20. The number of hydrogen-bond donors (Lipinski definition) is 2. The number of aryl methyl sites for hydroxylation is 1. The van der Waals surface area contributed by atoms with Gasteiger partial charge in [0.2, 0.25) is 0 Å². The van der Waals surface area contributed by atoms with Crippen LogP contribution in [0.4, 0.5) is 0 Å². The molecule has 3 heteroatoms. The third-order valence-electron chi connectivity index (χ3n) is 3.91. The van der Waals surface area contributed by atoms with E-state index in [0.717, 1.165) is 38.0 Å². The second-order valence-electron chi connectivity index (χ2n) is 5.61. The maximum absolute atomic E-state index is 9.63. The van der Waals surface area contributed by atoms with Gasteiger partial charge in [0, 0.05) is 12.5 Å². The monoisotopic (exact) mass is 251 g/mol. The molecular formula is C15H25NO2. The molecule has 0 saturated heterocycles. The van der Waals surface area contributed by atoms with Crippen LogP contribution in [0.2, 0.25) is 0 Å². The van der Waals surface area contributed by atoms with Gasteiger partial charge in [-0.1, -0.05) is 6.42 Å². The Bertz CT molecular complexity index is 323. The van der Waals surface area contributed by atoms with Crippen LogP contribution in [-0.2, 0) is 6.42 Å². The second-order valence-corrected chi connectivity index (χ2v) is 5.61. The van der Waals surface area contributed by atoms with Gasteiger partial charge in [-0.2, -0.15) is 0 Å². The summed E-state index contributed by atoms with van der Waals surface area (Å²) in [4.78, 5) is 0. The second kappa shape index (κ2) is 6.95. The van der Waals surface area contributed by atoms with Crippen LogP contribution in [0.1, 0.15) is 44.8 Å². The molecule has 1 fully saturated rings. The zero-order chi connectivity index (χ0) is 12.8.